The molecule has 4 saturated heterocycles. The summed E-state index contributed by atoms with van der Waals surface area (Å²) in [6, 6.07) is 16.9. The number of rotatable bonds is 6. The molecule has 0 bridgehead atoms. The zero-order valence-electron chi connectivity index (χ0n) is 33.6. The molecule has 4 amide bonds. The second kappa shape index (κ2) is 18.8. The third kappa shape index (κ3) is 10.9. The van der Waals surface area contributed by atoms with Gasteiger partial charge in [0.25, 0.3) is 0 Å². The van der Waals surface area contributed by atoms with Crippen LogP contribution in [0.15, 0.2) is 60.7 Å². The minimum absolute atomic E-state index is 0. The summed E-state index contributed by atoms with van der Waals surface area (Å²) in [7, 11) is 1.31. The molecule has 0 aliphatic carbocycles. The van der Waals surface area contributed by atoms with Crippen molar-refractivity contribution in [1.29, 1.82) is 0 Å². The Bertz CT molecular complexity index is 1760. The first kappa shape index (κ1) is 45.2. The van der Waals surface area contributed by atoms with Crippen LogP contribution in [0.4, 0.5) is 19.2 Å². The smallest absolute Gasteiger partial charge is 0.410 e. The standard InChI is InChI=1S/C21H28N2O6.C20H26N2O6.CH4/c1-21(2,3)29-20(26)22-11-10-16-17(22)15(18(24)27-4)12-23(16)19(25)28-13-14-8-6-5-7-9-14;1-20(2,3)28-19(26)21-10-9-15-16(21)14(17(23)24)11-22(15)18(25)27-12-13-7-5-4-6-8-13;/h5-9,15-17H,10-13H2,1-4H3;4-8,14-16H,9-12H2,1-3H3,(H,23,24);1H4/t15-,16+,17+;14-,15+,16+;/m00./s1. The molecular formula is C42H58N4O12. The number of methoxy groups -OCH3 is 1. The number of ether oxygens (including phenoxy) is 5. The molecule has 1 N–H and O–H groups in total. The molecule has 0 spiro atoms. The molecule has 0 unspecified atom stereocenters. The van der Waals surface area contributed by atoms with E-state index in [1.54, 1.807) is 51.3 Å². The van der Waals surface area contributed by atoms with Gasteiger partial charge in [-0.05, 0) is 65.5 Å². The number of benzene rings is 2. The van der Waals surface area contributed by atoms with Gasteiger partial charge in [-0.1, -0.05) is 68.1 Å². The van der Waals surface area contributed by atoms with E-state index >= 15 is 0 Å². The van der Waals surface area contributed by atoms with E-state index in [-0.39, 0.29) is 39.8 Å². The van der Waals surface area contributed by atoms with Crippen LogP contribution < -0.4 is 0 Å². The van der Waals surface area contributed by atoms with Crippen LogP contribution >= 0.6 is 0 Å². The van der Waals surface area contributed by atoms with Crippen molar-refractivity contribution < 1.29 is 57.6 Å². The number of carboxylic acids is 1. The molecule has 16 nitrogen and oxygen atoms in total. The number of hydrogen-bond acceptors (Lipinski definition) is 11. The van der Waals surface area contributed by atoms with Crippen LogP contribution in [0.25, 0.3) is 0 Å². The molecule has 4 fully saturated rings. The maximum Gasteiger partial charge on any atom is 0.410 e. The van der Waals surface area contributed by atoms with Crippen LogP contribution in [0.1, 0.15) is 72.9 Å². The van der Waals surface area contributed by atoms with Gasteiger partial charge < -0.3 is 48.4 Å². The fourth-order valence-corrected chi connectivity index (χ4v) is 7.84. The van der Waals surface area contributed by atoms with Crippen LogP contribution in [0.3, 0.4) is 0 Å². The molecular weight excluding hydrogens is 752 g/mol. The van der Waals surface area contributed by atoms with Crippen molar-refractivity contribution in [2.45, 2.75) is 110 Å². The number of likely N-dealkylation sites (tertiary alicyclic amines) is 4. The van der Waals surface area contributed by atoms with Gasteiger partial charge in [0.1, 0.15) is 24.4 Å². The van der Waals surface area contributed by atoms with Crippen LogP contribution in [0, 0.1) is 11.8 Å². The number of carboxylic acid groups (broad SMARTS) is 1. The average Bonchev–Trinajstić information content (AvgIpc) is 3.94. The third-order valence-corrected chi connectivity index (χ3v) is 10.2. The van der Waals surface area contributed by atoms with Gasteiger partial charge in [0.05, 0.1) is 43.1 Å². The molecule has 0 saturated carbocycles. The quantitative estimate of drug-likeness (QED) is 0.260. The van der Waals surface area contributed by atoms with E-state index in [0.717, 1.165) is 11.1 Å². The van der Waals surface area contributed by atoms with Gasteiger partial charge in [0, 0.05) is 26.2 Å². The second-order valence-electron chi connectivity index (χ2n) is 16.5. The summed E-state index contributed by atoms with van der Waals surface area (Å²) in [5.41, 5.74) is 0.398. The number of hydrogen-bond donors (Lipinski definition) is 1. The van der Waals surface area contributed by atoms with E-state index in [1.165, 1.54) is 16.9 Å². The molecule has 6 rings (SSSR count). The molecule has 4 aliphatic rings. The lowest BCUT2D eigenvalue weighted by Crippen LogP contribution is -2.47. The molecule has 0 radical (unpaired) electrons. The molecule has 58 heavy (non-hydrogen) atoms. The summed E-state index contributed by atoms with van der Waals surface area (Å²) in [5.74, 6) is -2.99. The molecule has 2 aromatic rings. The molecule has 2 aromatic carbocycles. The molecule has 318 valence electrons. The Balaban J connectivity index is 0.000000252. The Hall–Kier alpha value is -5.54. The zero-order valence-corrected chi connectivity index (χ0v) is 33.6. The maximum absolute atomic E-state index is 12.7. The van der Waals surface area contributed by atoms with Crippen molar-refractivity contribution in [1.82, 2.24) is 19.6 Å². The fourth-order valence-electron chi connectivity index (χ4n) is 7.84. The number of carbonyl (C=O) groups excluding carboxylic acids is 5. The fraction of sp³-hybridized carbons (Fsp3) is 0.571. The van der Waals surface area contributed by atoms with E-state index in [0.29, 0.717) is 25.9 Å². The summed E-state index contributed by atoms with van der Waals surface area (Å²) in [4.78, 5) is 80.7. The SMILES string of the molecule is C.CC(C)(C)OC(=O)N1CC[C@@H]2[C@H]1[C@@H](C(=O)O)CN2C(=O)OCc1ccccc1.COC(=O)[C@H]1CN(C(=O)OCc2ccccc2)[C@@H]2CCN(C(=O)OC(C)(C)C)[C@H]12. The van der Waals surface area contributed by atoms with Crippen LogP contribution in [-0.4, -0.2) is 130 Å². The van der Waals surface area contributed by atoms with Gasteiger partial charge in [-0.3, -0.25) is 9.59 Å². The molecule has 6 atom stereocenters. The monoisotopic (exact) mass is 810 g/mol. The van der Waals surface area contributed by atoms with E-state index in [2.05, 4.69) is 0 Å². The minimum atomic E-state index is -1.04. The summed E-state index contributed by atoms with van der Waals surface area (Å²) in [5, 5.41) is 9.64. The van der Waals surface area contributed by atoms with Gasteiger partial charge in [0.2, 0.25) is 0 Å². The highest BCUT2D eigenvalue weighted by Gasteiger charge is 2.57. The predicted octanol–water partition coefficient (Wildman–Crippen LogP) is 6.16. The molecule has 4 heterocycles. The maximum atomic E-state index is 12.7. The summed E-state index contributed by atoms with van der Waals surface area (Å²) < 4.78 is 26.7. The van der Waals surface area contributed by atoms with E-state index in [9.17, 15) is 33.9 Å². The van der Waals surface area contributed by atoms with Crippen molar-refractivity contribution in [3.63, 3.8) is 0 Å². The van der Waals surface area contributed by atoms with Gasteiger partial charge in [-0.15, -0.1) is 0 Å². The summed E-state index contributed by atoms with van der Waals surface area (Å²) in [6.45, 7) is 11.8. The number of amides is 4. The lowest BCUT2D eigenvalue weighted by Gasteiger charge is -2.30. The van der Waals surface area contributed by atoms with Crippen molar-refractivity contribution in [2.75, 3.05) is 33.3 Å². The van der Waals surface area contributed by atoms with Crippen molar-refractivity contribution in [3.05, 3.63) is 71.8 Å². The number of esters is 1. The van der Waals surface area contributed by atoms with Crippen molar-refractivity contribution >= 4 is 36.3 Å². The number of nitrogens with zero attached hydrogens (tertiary/aromatic N) is 4. The third-order valence-electron chi connectivity index (χ3n) is 10.2. The second-order valence-corrected chi connectivity index (χ2v) is 16.5. The van der Waals surface area contributed by atoms with E-state index < -0.39 is 77.5 Å². The number of aliphatic carboxylic acids is 1. The lowest BCUT2D eigenvalue weighted by molar-refractivity contribution is -0.146. The van der Waals surface area contributed by atoms with Gasteiger partial charge in [0.15, 0.2) is 0 Å². The summed E-state index contributed by atoms with van der Waals surface area (Å²) in [6.07, 6.45) is -1.05. The first-order valence-electron chi connectivity index (χ1n) is 19.1. The van der Waals surface area contributed by atoms with Gasteiger partial charge >= 0.3 is 36.3 Å². The molecule has 0 aromatic heterocycles. The largest absolute Gasteiger partial charge is 0.481 e. The highest BCUT2D eigenvalue weighted by atomic mass is 16.6. The predicted molar refractivity (Wildman–Crippen MR) is 210 cm³/mol. The van der Waals surface area contributed by atoms with Gasteiger partial charge in [-0.25, -0.2) is 19.2 Å². The van der Waals surface area contributed by atoms with E-state index in [1.807, 2.05) is 60.7 Å². The normalized spacial score (nSPS) is 23.4. The van der Waals surface area contributed by atoms with E-state index in [4.69, 9.17) is 23.7 Å². The highest BCUT2D eigenvalue weighted by Crippen LogP contribution is 2.39. The Kier molecular flexibility index (Phi) is 14.6. The van der Waals surface area contributed by atoms with Crippen LogP contribution in [0.5, 0.6) is 0 Å². The Morgan fingerprint density at radius 2 is 0.983 bits per heavy atom. The lowest BCUT2D eigenvalue weighted by atomic mass is 10.00. The zero-order chi connectivity index (χ0) is 41.7. The van der Waals surface area contributed by atoms with Crippen molar-refractivity contribution in [2.24, 2.45) is 11.8 Å². The van der Waals surface area contributed by atoms with Crippen molar-refractivity contribution in [3.8, 4) is 0 Å². The Morgan fingerprint density at radius 3 is 1.34 bits per heavy atom. The summed E-state index contributed by atoms with van der Waals surface area (Å²) >= 11 is 0. The molecule has 4 aliphatic heterocycles. The number of fused-ring (bicyclic) bond motifs is 2. The first-order chi connectivity index (χ1) is 26.9. The average molecular weight is 811 g/mol. The first-order valence-corrected chi connectivity index (χ1v) is 19.1. The Labute approximate surface area is 340 Å². The number of carbonyl (C=O) groups is 6. The van der Waals surface area contributed by atoms with Crippen LogP contribution in [0.2, 0.25) is 0 Å². The Morgan fingerprint density at radius 1 is 0.603 bits per heavy atom. The topological polar surface area (TPSA) is 182 Å². The minimum Gasteiger partial charge on any atom is -0.481 e. The van der Waals surface area contributed by atoms with Gasteiger partial charge in [-0.2, -0.15) is 0 Å². The van der Waals surface area contributed by atoms with Crippen LogP contribution in [-0.2, 0) is 46.5 Å². The molecule has 16 heteroatoms. The highest BCUT2D eigenvalue weighted by molar-refractivity contribution is 5.80.